The minimum absolute atomic E-state index is 0.135. The molecule has 0 aromatic rings. The van der Waals surface area contributed by atoms with Gasteiger partial charge in [0.05, 0.1) is 17.9 Å². The second-order valence-corrected chi connectivity index (χ2v) is 8.56. The van der Waals surface area contributed by atoms with Gasteiger partial charge in [0.15, 0.2) is 0 Å². The van der Waals surface area contributed by atoms with Crippen LogP contribution in [0.3, 0.4) is 0 Å². The molecule has 1 aliphatic rings. The van der Waals surface area contributed by atoms with Crippen LogP contribution in [0.5, 0.6) is 0 Å². The van der Waals surface area contributed by atoms with E-state index in [1.54, 1.807) is 0 Å². The van der Waals surface area contributed by atoms with Gasteiger partial charge in [0, 0.05) is 0 Å². The maximum atomic E-state index is 12.7. The highest BCUT2D eigenvalue weighted by atomic mass is 31.2. The molecule has 110 valence electrons. The number of allylic oxidation sites excluding steroid dienone is 1. The first-order valence-electron chi connectivity index (χ1n) is 7.26. The Labute approximate surface area is 119 Å². The number of hydrogen-bond acceptors (Lipinski definition) is 3. The first-order valence-corrected chi connectivity index (χ1v) is 9.04. The third-order valence-electron chi connectivity index (χ3n) is 3.32. The summed E-state index contributed by atoms with van der Waals surface area (Å²) >= 11 is 0. The van der Waals surface area contributed by atoms with E-state index >= 15 is 0 Å². The molecular formula is C15H29N2OP. The van der Waals surface area contributed by atoms with Gasteiger partial charge in [0.2, 0.25) is 0 Å². The van der Waals surface area contributed by atoms with E-state index in [0.29, 0.717) is 17.8 Å². The van der Waals surface area contributed by atoms with E-state index in [4.69, 9.17) is 0 Å². The summed E-state index contributed by atoms with van der Waals surface area (Å²) in [6.45, 7) is 12.9. The van der Waals surface area contributed by atoms with E-state index in [1.165, 1.54) is 0 Å². The quantitative estimate of drug-likeness (QED) is 0.582. The molecule has 2 N–H and O–H groups in total. The molecule has 1 unspecified atom stereocenters. The summed E-state index contributed by atoms with van der Waals surface area (Å²) in [6.07, 6.45) is 6.35. The first kappa shape index (κ1) is 16.8. The van der Waals surface area contributed by atoms with Crippen molar-refractivity contribution < 1.29 is 4.89 Å². The predicted molar refractivity (Wildman–Crippen MR) is 83.6 cm³/mol. The summed E-state index contributed by atoms with van der Waals surface area (Å²) in [5.41, 5.74) is 0. The highest BCUT2D eigenvalue weighted by Crippen LogP contribution is 2.48. The van der Waals surface area contributed by atoms with Crippen LogP contribution in [-0.2, 0) is 0 Å². The zero-order valence-corrected chi connectivity index (χ0v) is 13.9. The summed E-state index contributed by atoms with van der Waals surface area (Å²) in [5, 5.41) is 6.54. The molecule has 0 saturated carbocycles. The van der Waals surface area contributed by atoms with Crippen molar-refractivity contribution in [1.82, 2.24) is 10.2 Å². The maximum Gasteiger partial charge on any atom is 0.128 e. The van der Waals surface area contributed by atoms with Gasteiger partial charge in [-0.1, -0.05) is 53.7 Å². The van der Waals surface area contributed by atoms with Gasteiger partial charge in [-0.15, -0.1) is 0 Å². The monoisotopic (exact) mass is 284 g/mol. The van der Waals surface area contributed by atoms with Crippen LogP contribution in [0.25, 0.3) is 0 Å². The van der Waals surface area contributed by atoms with Crippen LogP contribution in [-0.4, -0.2) is 12.1 Å². The van der Waals surface area contributed by atoms with Crippen molar-refractivity contribution in [2.45, 2.75) is 53.6 Å². The van der Waals surface area contributed by atoms with E-state index in [1.807, 2.05) is 11.9 Å². The Balaban J connectivity index is 2.67. The fraction of sp³-hybridized carbons (Fsp3) is 0.733. The lowest BCUT2D eigenvalue weighted by molar-refractivity contribution is -0.173. The molecule has 3 nitrogen and oxygen atoms in total. The summed E-state index contributed by atoms with van der Waals surface area (Å²) in [5.74, 6) is 3.21. The third kappa shape index (κ3) is 5.35. The molecule has 0 fully saturated rings. The number of rotatable bonds is 6. The van der Waals surface area contributed by atoms with Crippen molar-refractivity contribution in [3.63, 3.8) is 0 Å². The largest absolute Gasteiger partial charge is 0.647 e. The fourth-order valence-corrected chi connectivity index (χ4v) is 4.28. The highest BCUT2D eigenvalue weighted by Gasteiger charge is 2.35. The summed E-state index contributed by atoms with van der Waals surface area (Å²) in [4.78, 5) is 12.7. The molecule has 4 heteroatoms. The lowest BCUT2D eigenvalue weighted by Crippen LogP contribution is -2.43. The summed E-state index contributed by atoms with van der Waals surface area (Å²) < 4.78 is 0. The Kier molecular flexibility index (Phi) is 6.19. The lowest BCUT2D eigenvalue weighted by Gasteiger charge is -2.32. The van der Waals surface area contributed by atoms with Crippen molar-refractivity contribution in [2.24, 2.45) is 17.8 Å². The van der Waals surface area contributed by atoms with Gasteiger partial charge < -0.3 is 4.89 Å². The molecule has 0 aliphatic carbocycles. The van der Waals surface area contributed by atoms with E-state index in [0.717, 1.165) is 0 Å². The summed E-state index contributed by atoms with van der Waals surface area (Å²) in [7, 11) is -2.58. The molecule has 3 atom stereocenters. The second kappa shape index (κ2) is 6.99. The van der Waals surface area contributed by atoms with E-state index in [9.17, 15) is 4.89 Å². The average Bonchev–Trinajstić information content (AvgIpc) is 2.67. The normalized spacial score (nSPS) is 29.3. The van der Waals surface area contributed by atoms with E-state index in [2.05, 4.69) is 63.9 Å². The van der Waals surface area contributed by atoms with Crippen LogP contribution >= 0.6 is 7.79 Å². The van der Waals surface area contributed by atoms with Gasteiger partial charge in [0.1, 0.15) is 7.79 Å². The zero-order chi connectivity index (χ0) is 14.6. The molecule has 1 aliphatic heterocycles. The molecule has 0 saturated heterocycles. The molecule has 19 heavy (non-hydrogen) atoms. The second-order valence-electron chi connectivity index (χ2n) is 6.43. The number of nitrogens with one attached hydrogen (secondary N) is 2. The molecule has 1 heterocycles. The zero-order valence-electron chi connectivity index (χ0n) is 13.1. The maximum absolute atomic E-state index is 12.7. The minimum Gasteiger partial charge on any atom is -0.647 e. The van der Waals surface area contributed by atoms with Crippen molar-refractivity contribution in [3.05, 3.63) is 24.0 Å². The Morgan fingerprint density at radius 2 is 1.79 bits per heavy atom. The van der Waals surface area contributed by atoms with Crippen LogP contribution in [0.4, 0.5) is 0 Å². The van der Waals surface area contributed by atoms with Gasteiger partial charge in [-0.2, -0.15) is 10.2 Å². The van der Waals surface area contributed by atoms with Gasteiger partial charge in [-0.25, -0.2) is 0 Å². The Morgan fingerprint density at radius 1 is 1.16 bits per heavy atom. The standard InChI is InChI=1S/C15H29N2OP/c1-11(2)7-8-14(12(3)4)16-19(18)10-9-15(17-19)13(5)6/h7-15H,1-6H3,(H2,16,17,18)/b8-7-/t14-,15-,19?/m1/s1. The Morgan fingerprint density at radius 3 is 2.21 bits per heavy atom. The van der Waals surface area contributed by atoms with Crippen LogP contribution in [0.1, 0.15) is 41.5 Å². The summed E-state index contributed by atoms with van der Waals surface area (Å²) in [6, 6.07) is 0.344. The van der Waals surface area contributed by atoms with Gasteiger partial charge in [-0.05, 0) is 23.8 Å². The van der Waals surface area contributed by atoms with Crippen LogP contribution < -0.4 is 15.1 Å². The van der Waals surface area contributed by atoms with Gasteiger partial charge >= 0.3 is 0 Å². The molecule has 0 radical (unpaired) electrons. The van der Waals surface area contributed by atoms with Crippen molar-refractivity contribution in [2.75, 3.05) is 0 Å². The molecule has 0 spiro atoms. The molecule has 0 aromatic carbocycles. The molecule has 0 aromatic heterocycles. The van der Waals surface area contributed by atoms with Gasteiger partial charge in [0.25, 0.3) is 0 Å². The molecule has 0 amide bonds. The highest BCUT2D eigenvalue weighted by molar-refractivity contribution is 7.68. The van der Waals surface area contributed by atoms with Crippen LogP contribution in [0.15, 0.2) is 24.0 Å². The SMILES string of the molecule is CC(C)/C=C\[C@@H](N[P+]1([O-])C=C[C@H](C(C)C)N1)C(C)C. The number of hydrogen-bond donors (Lipinski definition) is 2. The molecule has 0 bridgehead atoms. The van der Waals surface area contributed by atoms with Crippen molar-refractivity contribution in [1.29, 1.82) is 0 Å². The topological polar surface area (TPSA) is 47.1 Å². The van der Waals surface area contributed by atoms with Crippen LogP contribution in [0.2, 0.25) is 0 Å². The molecular weight excluding hydrogens is 255 g/mol. The van der Waals surface area contributed by atoms with Crippen molar-refractivity contribution in [3.8, 4) is 0 Å². The van der Waals surface area contributed by atoms with Gasteiger partial charge in [-0.3, -0.25) is 0 Å². The third-order valence-corrected chi connectivity index (χ3v) is 5.28. The Bertz CT molecular complexity index is 339. The van der Waals surface area contributed by atoms with E-state index < -0.39 is 7.79 Å². The fourth-order valence-electron chi connectivity index (χ4n) is 1.95. The average molecular weight is 284 g/mol. The Hall–Kier alpha value is -0.210. The van der Waals surface area contributed by atoms with E-state index in [-0.39, 0.29) is 12.1 Å². The first-order chi connectivity index (χ1) is 8.73. The van der Waals surface area contributed by atoms with Crippen LogP contribution in [0, 0.1) is 17.8 Å². The predicted octanol–water partition coefficient (Wildman–Crippen LogP) is 3.08. The minimum atomic E-state index is -2.58. The van der Waals surface area contributed by atoms with Crippen molar-refractivity contribution >= 4 is 7.79 Å². The smallest absolute Gasteiger partial charge is 0.128 e. The molecule has 1 rings (SSSR count). The lowest BCUT2D eigenvalue weighted by atomic mass is 10.0.